The lowest BCUT2D eigenvalue weighted by Crippen LogP contribution is -2.33. The molecule has 3 rings (SSSR count). The Labute approximate surface area is 163 Å². The van der Waals surface area contributed by atoms with Crippen LogP contribution in [0.4, 0.5) is 0 Å². The van der Waals surface area contributed by atoms with Gasteiger partial charge in [-0.25, -0.2) is 4.79 Å². The number of hydrogen-bond acceptors (Lipinski definition) is 5. The molecule has 1 fully saturated rings. The maximum absolute atomic E-state index is 11.7. The van der Waals surface area contributed by atoms with Crippen molar-refractivity contribution in [3.63, 3.8) is 0 Å². The highest BCUT2D eigenvalue weighted by Crippen LogP contribution is 2.30. The van der Waals surface area contributed by atoms with Gasteiger partial charge in [-0.15, -0.1) is 11.3 Å². The number of aliphatic carboxylic acids is 1. The molecule has 0 radical (unpaired) electrons. The molecule has 0 saturated carbocycles. The van der Waals surface area contributed by atoms with Crippen LogP contribution in [0.3, 0.4) is 0 Å². The molecule has 1 aliphatic heterocycles. The Bertz CT molecular complexity index is 779. The van der Waals surface area contributed by atoms with E-state index in [0.717, 1.165) is 30.1 Å². The number of thiophene rings is 1. The van der Waals surface area contributed by atoms with Gasteiger partial charge in [-0.1, -0.05) is 12.5 Å². The van der Waals surface area contributed by atoms with E-state index in [1.807, 2.05) is 35.7 Å². The summed E-state index contributed by atoms with van der Waals surface area (Å²) in [4.78, 5) is 14.9. The second-order valence-corrected chi connectivity index (χ2v) is 7.44. The number of carbonyl (C=O) groups is 1. The van der Waals surface area contributed by atoms with Crippen molar-refractivity contribution in [1.29, 1.82) is 0 Å². The molecule has 1 aromatic carbocycles. The quantitative estimate of drug-likeness (QED) is 0.687. The lowest BCUT2D eigenvalue weighted by atomic mass is 10.1. The Balaban J connectivity index is 1.79. The van der Waals surface area contributed by atoms with Crippen molar-refractivity contribution < 1.29 is 19.4 Å². The van der Waals surface area contributed by atoms with Crippen LogP contribution in [0.15, 0.2) is 35.7 Å². The Morgan fingerprint density at radius 1 is 1.26 bits per heavy atom. The molecular formula is C21H25NO4S. The number of hydrogen-bond donors (Lipinski definition) is 1. The highest BCUT2D eigenvalue weighted by atomic mass is 32.1. The fourth-order valence-electron chi connectivity index (χ4n) is 3.18. The third kappa shape index (κ3) is 5.34. The number of methoxy groups -OCH3 is 1. The van der Waals surface area contributed by atoms with Crippen LogP contribution in [-0.4, -0.2) is 49.3 Å². The van der Waals surface area contributed by atoms with E-state index in [1.165, 1.54) is 30.6 Å². The Hall–Kier alpha value is -2.31. The van der Waals surface area contributed by atoms with Crippen LogP contribution in [0.2, 0.25) is 0 Å². The van der Waals surface area contributed by atoms with Gasteiger partial charge in [-0.05, 0) is 55.6 Å². The highest BCUT2D eigenvalue weighted by molar-refractivity contribution is 7.11. The predicted molar refractivity (Wildman–Crippen MR) is 109 cm³/mol. The zero-order valence-electron chi connectivity index (χ0n) is 15.5. The van der Waals surface area contributed by atoms with Crippen LogP contribution >= 0.6 is 11.3 Å². The number of likely N-dealkylation sites (tertiary alicyclic amines) is 1. The minimum atomic E-state index is -0.951. The van der Waals surface area contributed by atoms with Crippen molar-refractivity contribution in [2.45, 2.75) is 19.3 Å². The van der Waals surface area contributed by atoms with E-state index >= 15 is 0 Å². The van der Waals surface area contributed by atoms with Crippen LogP contribution < -0.4 is 9.47 Å². The van der Waals surface area contributed by atoms with Crippen molar-refractivity contribution in [3.05, 3.63) is 46.2 Å². The third-order valence-corrected chi connectivity index (χ3v) is 5.55. The van der Waals surface area contributed by atoms with E-state index < -0.39 is 5.97 Å². The molecule has 1 N–H and O–H groups in total. The van der Waals surface area contributed by atoms with Gasteiger partial charge in [0.25, 0.3) is 0 Å². The minimum Gasteiger partial charge on any atom is -0.497 e. The van der Waals surface area contributed by atoms with Gasteiger partial charge in [-0.2, -0.15) is 0 Å². The molecule has 144 valence electrons. The average Bonchev–Trinajstić information content (AvgIpc) is 3.21. The number of nitrogens with zero attached hydrogens (tertiary/aromatic N) is 1. The van der Waals surface area contributed by atoms with Gasteiger partial charge in [0.15, 0.2) is 0 Å². The monoisotopic (exact) mass is 387 g/mol. The molecular weight excluding hydrogens is 362 g/mol. The first kappa shape index (κ1) is 19.5. The summed E-state index contributed by atoms with van der Waals surface area (Å²) in [6, 6.07) is 9.13. The van der Waals surface area contributed by atoms with Crippen molar-refractivity contribution >= 4 is 29.0 Å². The fraction of sp³-hybridized carbons (Fsp3) is 0.381. The lowest BCUT2D eigenvalue weighted by molar-refractivity contribution is -0.130. The standard InChI is InChI=1S/C21H25NO4S/c1-25-17-8-7-16(14-18(21(23)24)20-6-5-13-27-20)19(15-17)26-12-11-22-9-3-2-4-10-22/h5-8,13-15H,2-4,9-12H2,1H3,(H,23,24)/b18-14-. The van der Waals surface area contributed by atoms with Gasteiger partial charge in [0.2, 0.25) is 0 Å². The number of benzene rings is 1. The van der Waals surface area contributed by atoms with Crippen LogP contribution in [0.5, 0.6) is 11.5 Å². The zero-order valence-corrected chi connectivity index (χ0v) is 16.3. The molecule has 1 saturated heterocycles. The van der Waals surface area contributed by atoms with E-state index in [9.17, 15) is 9.90 Å². The van der Waals surface area contributed by atoms with Gasteiger partial charge < -0.3 is 14.6 Å². The summed E-state index contributed by atoms with van der Waals surface area (Å²) >= 11 is 1.41. The predicted octanol–water partition coefficient (Wildman–Crippen LogP) is 4.25. The van der Waals surface area contributed by atoms with Crippen molar-refractivity contribution in [2.75, 3.05) is 33.4 Å². The second-order valence-electron chi connectivity index (χ2n) is 6.49. The number of carboxylic acid groups (broad SMARTS) is 1. The molecule has 1 aliphatic rings. The van der Waals surface area contributed by atoms with Gasteiger partial charge in [0.05, 0.1) is 12.7 Å². The SMILES string of the molecule is COc1ccc(/C=C(\C(=O)O)c2cccs2)c(OCCN2CCCCC2)c1. The zero-order chi connectivity index (χ0) is 19.1. The van der Waals surface area contributed by atoms with Gasteiger partial charge >= 0.3 is 5.97 Å². The van der Waals surface area contributed by atoms with Crippen molar-refractivity contribution in [1.82, 2.24) is 4.90 Å². The summed E-state index contributed by atoms with van der Waals surface area (Å²) in [5, 5.41) is 11.5. The van der Waals surface area contributed by atoms with Crippen molar-refractivity contribution in [2.24, 2.45) is 0 Å². The molecule has 0 amide bonds. The van der Waals surface area contributed by atoms with E-state index in [4.69, 9.17) is 9.47 Å². The molecule has 1 aromatic heterocycles. The minimum absolute atomic E-state index is 0.260. The molecule has 27 heavy (non-hydrogen) atoms. The molecule has 0 bridgehead atoms. The Morgan fingerprint density at radius 3 is 2.74 bits per heavy atom. The topological polar surface area (TPSA) is 59.0 Å². The molecule has 0 aliphatic carbocycles. The largest absolute Gasteiger partial charge is 0.497 e. The maximum atomic E-state index is 11.7. The van der Waals surface area contributed by atoms with Crippen LogP contribution in [0.25, 0.3) is 11.6 Å². The number of rotatable bonds is 8. The molecule has 6 heteroatoms. The lowest BCUT2D eigenvalue weighted by Gasteiger charge is -2.26. The van der Waals surface area contributed by atoms with Gasteiger partial charge in [0, 0.05) is 23.1 Å². The molecule has 2 aromatic rings. The molecule has 0 spiro atoms. The number of ether oxygens (including phenoxy) is 2. The first-order valence-corrected chi connectivity index (χ1v) is 10.1. The third-order valence-electron chi connectivity index (χ3n) is 4.65. The van der Waals surface area contributed by atoms with E-state index in [2.05, 4.69) is 4.90 Å². The van der Waals surface area contributed by atoms with Crippen LogP contribution in [0.1, 0.15) is 29.7 Å². The molecule has 2 heterocycles. The fourth-order valence-corrected chi connectivity index (χ4v) is 3.91. The summed E-state index contributed by atoms with van der Waals surface area (Å²) in [6.07, 6.45) is 5.47. The van der Waals surface area contributed by atoms with Gasteiger partial charge in [-0.3, -0.25) is 4.90 Å². The normalized spacial score (nSPS) is 15.5. The second kappa shape index (κ2) is 9.58. The maximum Gasteiger partial charge on any atom is 0.337 e. The van der Waals surface area contributed by atoms with E-state index in [-0.39, 0.29) is 5.57 Å². The summed E-state index contributed by atoms with van der Waals surface area (Å²) < 4.78 is 11.3. The average molecular weight is 388 g/mol. The first-order valence-electron chi connectivity index (χ1n) is 9.19. The summed E-state index contributed by atoms with van der Waals surface area (Å²) in [5.41, 5.74) is 0.997. The summed E-state index contributed by atoms with van der Waals surface area (Å²) in [5.74, 6) is 0.377. The van der Waals surface area contributed by atoms with Crippen LogP contribution in [0, 0.1) is 0 Å². The Morgan fingerprint density at radius 2 is 2.07 bits per heavy atom. The van der Waals surface area contributed by atoms with E-state index in [1.54, 1.807) is 13.2 Å². The Kier molecular flexibility index (Phi) is 6.90. The molecule has 0 atom stereocenters. The molecule has 5 nitrogen and oxygen atoms in total. The summed E-state index contributed by atoms with van der Waals surface area (Å²) in [7, 11) is 1.61. The number of piperidine rings is 1. The summed E-state index contributed by atoms with van der Waals surface area (Å²) in [6.45, 7) is 3.68. The van der Waals surface area contributed by atoms with Crippen LogP contribution in [-0.2, 0) is 4.79 Å². The van der Waals surface area contributed by atoms with Crippen molar-refractivity contribution in [3.8, 4) is 11.5 Å². The number of carboxylic acids is 1. The highest BCUT2D eigenvalue weighted by Gasteiger charge is 2.15. The van der Waals surface area contributed by atoms with E-state index in [0.29, 0.717) is 18.1 Å². The first-order chi connectivity index (χ1) is 13.2. The smallest absolute Gasteiger partial charge is 0.337 e. The molecule has 0 unspecified atom stereocenters. The van der Waals surface area contributed by atoms with Gasteiger partial charge in [0.1, 0.15) is 18.1 Å².